The van der Waals surface area contributed by atoms with Crippen molar-refractivity contribution >= 4 is 5.97 Å². The molecule has 0 aromatic heterocycles. The average molecular weight is 258 g/mol. The zero-order valence-corrected chi connectivity index (χ0v) is 10.9. The molecule has 2 nitrogen and oxygen atoms in total. The standard InChI is InChI=1S/C16H15FO2/c1-3-11-5-4-6-12(8-11)13-9-15(17)10(2)7-14(13)16(18)19/h4-9H,3H2,1-2H3,(H,18,19). The predicted octanol–water partition coefficient (Wildman–Crippen LogP) is 4.06. The normalized spacial score (nSPS) is 10.5. The second-order valence-corrected chi connectivity index (χ2v) is 4.51. The average Bonchev–Trinajstić information content (AvgIpc) is 2.41. The van der Waals surface area contributed by atoms with Crippen LogP contribution in [0, 0.1) is 12.7 Å². The summed E-state index contributed by atoms with van der Waals surface area (Å²) in [5.74, 6) is -1.43. The van der Waals surface area contributed by atoms with Crippen LogP contribution < -0.4 is 0 Å². The first-order chi connectivity index (χ1) is 9.02. The highest BCUT2D eigenvalue weighted by atomic mass is 19.1. The first kappa shape index (κ1) is 13.3. The molecule has 0 spiro atoms. The number of rotatable bonds is 3. The number of aryl methyl sites for hydroxylation is 2. The van der Waals surface area contributed by atoms with Gasteiger partial charge in [0, 0.05) is 0 Å². The number of benzene rings is 2. The predicted molar refractivity (Wildman–Crippen MR) is 72.9 cm³/mol. The summed E-state index contributed by atoms with van der Waals surface area (Å²) in [5, 5.41) is 9.25. The van der Waals surface area contributed by atoms with Gasteiger partial charge in [0.2, 0.25) is 0 Å². The Morgan fingerprint density at radius 1 is 1.26 bits per heavy atom. The van der Waals surface area contributed by atoms with E-state index in [0.29, 0.717) is 11.1 Å². The van der Waals surface area contributed by atoms with Crippen LogP contribution in [0.4, 0.5) is 4.39 Å². The number of hydrogen-bond donors (Lipinski definition) is 1. The number of carboxylic acid groups (broad SMARTS) is 1. The highest BCUT2D eigenvalue weighted by molar-refractivity contribution is 5.96. The van der Waals surface area contributed by atoms with Crippen LogP contribution in [0.15, 0.2) is 36.4 Å². The largest absolute Gasteiger partial charge is 0.478 e. The van der Waals surface area contributed by atoms with Gasteiger partial charge in [-0.3, -0.25) is 0 Å². The van der Waals surface area contributed by atoms with Crippen LogP contribution >= 0.6 is 0 Å². The Hall–Kier alpha value is -2.16. The third-order valence-electron chi connectivity index (χ3n) is 3.18. The minimum Gasteiger partial charge on any atom is -0.478 e. The fourth-order valence-electron chi connectivity index (χ4n) is 2.06. The Kier molecular flexibility index (Phi) is 3.65. The fraction of sp³-hybridized carbons (Fsp3) is 0.188. The highest BCUT2D eigenvalue weighted by Crippen LogP contribution is 2.27. The van der Waals surface area contributed by atoms with E-state index in [0.717, 1.165) is 17.5 Å². The molecule has 0 saturated heterocycles. The van der Waals surface area contributed by atoms with Gasteiger partial charge in [0.15, 0.2) is 0 Å². The first-order valence-corrected chi connectivity index (χ1v) is 6.15. The second-order valence-electron chi connectivity index (χ2n) is 4.51. The Labute approximate surface area is 111 Å². The smallest absolute Gasteiger partial charge is 0.336 e. The van der Waals surface area contributed by atoms with E-state index in [-0.39, 0.29) is 11.4 Å². The van der Waals surface area contributed by atoms with Crippen LogP contribution in [-0.4, -0.2) is 11.1 Å². The van der Waals surface area contributed by atoms with Gasteiger partial charge in [0.25, 0.3) is 0 Å². The van der Waals surface area contributed by atoms with Gasteiger partial charge in [-0.05, 0) is 47.7 Å². The van der Waals surface area contributed by atoms with Gasteiger partial charge in [0.1, 0.15) is 5.82 Å². The quantitative estimate of drug-likeness (QED) is 0.901. The summed E-state index contributed by atoms with van der Waals surface area (Å²) in [5.41, 5.74) is 2.72. The van der Waals surface area contributed by atoms with E-state index in [2.05, 4.69) is 0 Å². The van der Waals surface area contributed by atoms with Crippen molar-refractivity contribution in [1.29, 1.82) is 0 Å². The van der Waals surface area contributed by atoms with E-state index in [9.17, 15) is 14.3 Å². The molecule has 0 aliphatic carbocycles. The van der Waals surface area contributed by atoms with Gasteiger partial charge in [-0.1, -0.05) is 31.2 Å². The second kappa shape index (κ2) is 5.22. The summed E-state index contributed by atoms with van der Waals surface area (Å²) in [4.78, 5) is 11.3. The molecule has 0 atom stereocenters. The van der Waals surface area contributed by atoms with Crippen LogP contribution in [0.1, 0.15) is 28.4 Å². The maximum Gasteiger partial charge on any atom is 0.336 e. The van der Waals surface area contributed by atoms with Crippen molar-refractivity contribution in [2.45, 2.75) is 20.3 Å². The van der Waals surface area contributed by atoms with Crippen molar-refractivity contribution in [3.63, 3.8) is 0 Å². The molecule has 0 unspecified atom stereocenters. The molecular weight excluding hydrogens is 243 g/mol. The van der Waals surface area contributed by atoms with Gasteiger partial charge in [-0.2, -0.15) is 0 Å². The van der Waals surface area contributed by atoms with Gasteiger partial charge < -0.3 is 5.11 Å². The van der Waals surface area contributed by atoms with Gasteiger partial charge >= 0.3 is 5.97 Å². The summed E-state index contributed by atoms with van der Waals surface area (Å²) >= 11 is 0. The maximum absolute atomic E-state index is 13.7. The molecule has 0 saturated carbocycles. The summed E-state index contributed by atoms with van der Waals surface area (Å²) < 4.78 is 13.7. The summed E-state index contributed by atoms with van der Waals surface area (Å²) in [6.07, 6.45) is 0.852. The van der Waals surface area contributed by atoms with Crippen molar-refractivity contribution in [2.24, 2.45) is 0 Å². The Morgan fingerprint density at radius 3 is 2.63 bits per heavy atom. The van der Waals surface area contributed by atoms with Crippen LogP contribution in [0.5, 0.6) is 0 Å². The van der Waals surface area contributed by atoms with Crippen molar-refractivity contribution in [1.82, 2.24) is 0 Å². The molecule has 0 aliphatic rings. The van der Waals surface area contributed by atoms with Crippen LogP contribution in [0.3, 0.4) is 0 Å². The number of hydrogen-bond acceptors (Lipinski definition) is 1. The molecule has 2 rings (SSSR count). The Balaban J connectivity index is 2.66. The van der Waals surface area contributed by atoms with E-state index < -0.39 is 5.97 Å². The van der Waals surface area contributed by atoms with E-state index in [1.807, 2.05) is 25.1 Å². The number of carboxylic acids is 1. The van der Waals surface area contributed by atoms with Gasteiger partial charge in [-0.25, -0.2) is 9.18 Å². The van der Waals surface area contributed by atoms with E-state index >= 15 is 0 Å². The molecule has 0 bridgehead atoms. The van der Waals surface area contributed by atoms with Gasteiger partial charge in [-0.15, -0.1) is 0 Å². The number of halogens is 1. The molecule has 3 heteroatoms. The van der Waals surface area contributed by atoms with Crippen molar-refractivity contribution in [2.75, 3.05) is 0 Å². The van der Waals surface area contributed by atoms with Gasteiger partial charge in [0.05, 0.1) is 5.56 Å². The molecule has 0 aliphatic heterocycles. The summed E-state index contributed by atoms with van der Waals surface area (Å²) in [6, 6.07) is 10.2. The minimum absolute atomic E-state index is 0.132. The van der Waals surface area contributed by atoms with Crippen LogP contribution in [0.25, 0.3) is 11.1 Å². The molecule has 0 fully saturated rings. The minimum atomic E-state index is -1.04. The SMILES string of the molecule is CCc1cccc(-c2cc(F)c(C)cc2C(=O)O)c1. The highest BCUT2D eigenvalue weighted by Gasteiger charge is 2.15. The summed E-state index contributed by atoms with van der Waals surface area (Å²) in [6.45, 7) is 3.58. The Morgan fingerprint density at radius 2 is 2.00 bits per heavy atom. The topological polar surface area (TPSA) is 37.3 Å². The van der Waals surface area contributed by atoms with Crippen LogP contribution in [0.2, 0.25) is 0 Å². The van der Waals surface area contributed by atoms with Crippen LogP contribution in [-0.2, 0) is 6.42 Å². The van der Waals surface area contributed by atoms with Crippen molar-refractivity contribution < 1.29 is 14.3 Å². The van der Waals surface area contributed by atoms with E-state index in [1.54, 1.807) is 13.0 Å². The third kappa shape index (κ3) is 2.65. The molecule has 0 heterocycles. The van der Waals surface area contributed by atoms with E-state index in [1.165, 1.54) is 12.1 Å². The molecule has 0 radical (unpaired) electrons. The maximum atomic E-state index is 13.7. The molecular formula is C16H15FO2. The Bertz CT molecular complexity index is 633. The molecule has 98 valence electrons. The lowest BCUT2D eigenvalue weighted by atomic mass is 9.96. The lowest BCUT2D eigenvalue weighted by Gasteiger charge is -2.10. The monoisotopic (exact) mass is 258 g/mol. The lowest BCUT2D eigenvalue weighted by molar-refractivity contribution is 0.0697. The number of carbonyl (C=O) groups is 1. The zero-order chi connectivity index (χ0) is 14.0. The third-order valence-corrected chi connectivity index (χ3v) is 3.18. The molecule has 19 heavy (non-hydrogen) atoms. The zero-order valence-electron chi connectivity index (χ0n) is 10.9. The van der Waals surface area contributed by atoms with Crippen molar-refractivity contribution in [3.05, 3.63) is 58.9 Å². The fourth-order valence-corrected chi connectivity index (χ4v) is 2.06. The molecule has 0 amide bonds. The molecule has 2 aromatic carbocycles. The number of aromatic carboxylic acids is 1. The molecule has 2 aromatic rings. The first-order valence-electron chi connectivity index (χ1n) is 6.15. The lowest BCUT2D eigenvalue weighted by Crippen LogP contribution is -2.02. The summed E-state index contributed by atoms with van der Waals surface area (Å²) in [7, 11) is 0. The van der Waals surface area contributed by atoms with E-state index in [4.69, 9.17) is 0 Å². The van der Waals surface area contributed by atoms with Crippen molar-refractivity contribution in [3.8, 4) is 11.1 Å². The molecule has 1 N–H and O–H groups in total.